The van der Waals surface area contributed by atoms with Gasteiger partial charge in [-0.25, -0.2) is 0 Å². The molecule has 2 N–H and O–H groups in total. The smallest absolute Gasteiger partial charge is 0.296 e. The van der Waals surface area contributed by atoms with Gasteiger partial charge in [0.15, 0.2) is 0 Å². The molecule has 5 nitrogen and oxygen atoms in total. The Labute approximate surface area is 81.5 Å². The van der Waals surface area contributed by atoms with Crippen LogP contribution in [0.1, 0.15) is 13.3 Å². The summed E-state index contributed by atoms with van der Waals surface area (Å²) in [5.41, 5.74) is 0.341. The number of hydrogen-bond acceptors (Lipinski definition) is 4. The fraction of sp³-hybridized carbons (Fsp3) is 0.333. The van der Waals surface area contributed by atoms with Gasteiger partial charge in [-0.1, -0.05) is 6.92 Å². The summed E-state index contributed by atoms with van der Waals surface area (Å²) in [5, 5.41) is 22.6. The van der Waals surface area contributed by atoms with E-state index in [9.17, 15) is 10.1 Å². The average Bonchev–Trinajstić information content (AvgIpc) is 2.15. The highest BCUT2D eigenvalue weighted by molar-refractivity contribution is 5.63. The minimum absolute atomic E-state index is 0.0984. The van der Waals surface area contributed by atoms with E-state index in [2.05, 4.69) is 5.32 Å². The van der Waals surface area contributed by atoms with Crippen LogP contribution in [0.5, 0.6) is 5.75 Å². The fourth-order valence-corrected chi connectivity index (χ4v) is 1.08. The Balaban J connectivity index is 2.96. The summed E-state index contributed by atoms with van der Waals surface area (Å²) < 4.78 is 0. The molecule has 0 fully saturated rings. The number of anilines is 1. The van der Waals surface area contributed by atoms with Crippen molar-refractivity contribution >= 4 is 11.4 Å². The van der Waals surface area contributed by atoms with Crippen molar-refractivity contribution < 1.29 is 10.0 Å². The van der Waals surface area contributed by atoms with Gasteiger partial charge >= 0.3 is 0 Å². The molecule has 76 valence electrons. The van der Waals surface area contributed by atoms with E-state index in [1.807, 2.05) is 6.92 Å². The minimum atomic E-state index is -0.516. The van der Waals surface area contributed by atoms with Crippen LogP contribution in [0.4, 0.5) is 11.4 Å². The number of phenols is 1. The first-order chi connectivity index (χ1) is 6.65. The third kappa shape index (κ3) is 2.35. The van der Waals surface area contributed by atoms with E-state index in [1.54, 1.807) is 0 Å². The van der Waals surface area contributed by atoms with Crippen molar-refractivity contribution in [1.29, 1.82) is 0 Å². The molecular weight excluding hydrogens is 184 g/mol. The van der Waals surface area contributed by atoms with Gasteiger partial charge < -0.3 is 10.4 Å². The topological polar surface area (TPSA) is 75.4 Å². The van der Waals surface area contributed by atoms with E-state index in [0.29, 0.717) is 12.2 Å². The second-order valence-electron chi connectivity index (χ2n) is 2.89. The predicted molar refractivity (Wildman–Crippen MR) is 53.5 cm³/mol. The van der Waals surface area contributed by atoms with Gasteiger partial charge in [-0.3, -0.25) is 10.1 Å². The molecule has 0 unspecified atom stereocenters. The first kappa shape index (κ1) is 10.3. The number of phenolic OH excluding ortho intramolecular Hbond substituents is 1. The third-order valence-electron chi connectivity index (χ3n) is 1.74. The lowest BCUT2D eigenvalue weighted by Crippen LogP contribution is -2.02. The van der Waals surface area contributed by atoms with Crippen LogP contribution in [0.2, 0.25) is 0 Å². The van der Waals surface area contributed by atoms with Crippen LogP contribution < -0.4 is 5.32 Å². The van der Waals surface area contributed by atoms with Crippen molar-refractivity contribution in [3.05, 3.63) is 28.3 Å². The van der Waals surface area contributed by atoms with E-state index in [1.165, 1.54) is 12.1 Å². The molecule has 5 heteroatoms. The quantitative estimate of drug-likeness (QED) is 0.439. The molecule has 0 aliphatic heterocycles. The zero-order chi connectivity index (χ0) is 10.6. The van der Waals surface area contributed by atoms with Crippen molar-refractivity contribution in [1.82, 2.24) is 0 Å². The van der Waals surface area contributed by atoms with E-state index in [0.717, 1.165) is 12.5 Å². The molecule has 0 aliphatic rings. The number of rotatable bonds is 4. The number of aromatic hydroxyl groups is 1. The van der Waals surface area contributed by atoms with Crippen LogP contribution in [-0.2, 0) is 0 Å². The van der Waals surface area contributed by atoms with Gasteiger partial charge in [-0.15, -0.1) is 0 Å². The Bertz CT molecular complexity index is 339. The average molecular weight is 196 g/mol. The van der Waals surface area contributed by atoms with Crippen molar-refractivity contribution in [2.75, 3.05) is 11.9 Å². The lowest BCUT2D eigenvalue weighted by Gasteiger charge is -2.05. The Kier molecular flexibility index (Phi) is 3.28. The standard InChI is InChI=1S/C9H12N2O3/c1-2-5-10-8-4-3-7(12)6-9(8)11(13)14/h3-4,6,10,12H,2,5H2,1H3. The Hall–Kier alpha value is -1.78. The van der Waals surface area contributed by atoms with Gasteiger partial charge in [0.25, 0.3) is 5.69 Å². The molecule has 0 aliphatic carbocycles. The summed E-state index contributed by atoms with van der Waals surface area (Å²) in [4.78, 5) is 10.1. The highest BCUT2D eigenvalue weighted by atomic mass is 16.6. The number of hydrogen-bond donors (Lipinski definition) is 2. The highest BCUT2D eigenvalue weighted by Crippen LogP contribution is 2.28. The van der Waals surface area contributed by atoms with Crippen LogP contribution >= 0.6 is 0 Å². The van der Waals surface area contributed by atoms with E-state index in [-0.39, 0.29) is 11.4 Å². The second kappa shape index (κ2) is 4.45. The number of nitrogens with one attached hydrogen (secondary N) is 1. The van der Waals surface area contributed by atoms with Crippen LogP contribution in [0.3, 0.4) is 0 Å². The van der Waals surface area contributed by atoms with Crippen molar-refractivity contribution in [3.8, 4) is 5.75 Å². The summed E-state index contributed by atoms with van der Waals surface area (Å²) >= 11 is 0. The zero-order valence-electron chi connectivity index (χ0n) is 7.86. The summed E-state index contributed by atoms with van der Waals surface area (Å²) in [6, 6.07) is 4.06. The van der Waals surface area contributed by atoms with Crippen LogP contribution in [-0.4, -0.2) is 16.6 Å². The van der Waals surface area contributed by atoms with Crippen LogP contribution in [0, 0.1) is 10.1 Å². The molecule has 1 aromatic carbocycles. The molecular formula is C9H12N2O3. The maximum absolute atomic E-state index is 10.6. The SMILES string of the molecule is CCCNc1ccc(O)cc1[N+](=O)[O-]. The van der Waals surface area contributed by atoms with Crippen molar-refractivity contribution in [2.45, 2.75) is 13.3 Å². The largest absolute Gasteiger partial charge is 0.508 e. The molecule has 0 radical (unpaired) electrons. The molecule has 1 rings (SSSR count). The van der Waals surface area contributed by atoms with Gasteiger partial charge in [-0.05, 0) is 18.6 Å². The molecule has 0 bridgehead atoms. The molecule has 0 saturated carbocycles. The highest BCUT2D eigenvalue weighted by Gasteiger charge is 2.13. The van der Waals surface area contributed by atoms with Gasteiger partial charge in [0.05, 0.1) is 11.0 Å². The van der Waals surface area contributed by atoms with Gasteiger partial charge in [-0.2, -0.15) is 0 Å². The Morgan fingerprint density at radius 3 is 2.86 bits per heavy atom. The van der Waals surface area contributed by atoms with E-state index in [4.69, 9.17) is 5.11 Å². The minimum Gasteiger partial charge on any atom is -0.508 e. The maximum atomic E-state index is 10.6. The second-order valence-corrected chi connectivity index (χ2v) is 2.89. The monoisotopic (exact) mass is 196 g/mol. The van der Waals surface area contributed by atoms with Crippen LogP contribution in [0.25, 0.3) is 0 Å². The number of nitrogens with zero attached hydrogens (tertiary/aromatic N) is 1. The normalized spacial score (nSPS) is 9.79. The van der Waals surface area contributed by atoms with Gasteiger partial charge in [0.2, 0.25) is 0 Å². The molecule has 0 amide bonds. The summed E-state index contributed by atoms with van der Waals surface area (Å²) in [6.45, 7) is 2.64. The number of nitro benzene ring substituents is 1. The third-order valence-corrected chi connectivity index (χ3v) is 1.74. The van der Waals surface area contributed by atoms with Crippen molar-refractivity contribution in [2.24, 2.45) is 0 Å². The molecule has 1 aromatic rings. The van der Waals surface area contributed by atoms with Crippen molar-refractivity contribution in [3.63, 3.8) is 0 Å². The Morgan fingerprint density at radius 2 is 2.29 bits per heavy atom. The van der Waals surface area contributed by atoms with Gasteiger partial charge in [0, 0.05) is 6.54 Å². The maximum Gasteiger partial charge on any atom is 0.296 e. The molecule has 0 saturated heterocycles. The summed E-state index contributed by atoms with van der Waals surface area (Å²) in [6.07, 6.45) is 0.887. The first-order valence-electron chi connectivity index (χ1n) is 4.36. The van der Waals surface area contributed by atoms with Gasteiger partial charge in [0.1, 0.15) is 11.4 Å². The zero-order valence-corrected chi connectivity index (χ0v) is 7.86. The number of benzene rings is 1. The lowest BCUT2D eigenvalue weighted by atomic mass is 10.2. The molecule has 0 aromatic heterocycles. The number of nitro groups is 1. The predicted octanol–water partition coefficient (Wildman–Crippen LogP) is 2.12. The fourth-order valence-electron chi connectivity index (χ4n) is 1.08. The summed E-state index contributed by atoms with van der Waals surface area (Å²) in [5.74, 6) is -0.0984. The first-order valence-corrected chi connectivity index (χ1v) is 4.36. The molecule has 0 atom stereocenters. The molecule has 0 spiro atoms. The van der Waals surface area contributed by atoms with E-state index < -0.39 is 4.92 Å². The van der Waals surface area contributed by atoms with E-state index >= 15 is 0 Å². The molecule has 14 heavy (non-hydrogen) atoms. The lowest BCUT2D eigenvalue weighted by molar-refractivity contribution is -0.384. The summed E-state index contributed by atoms with van der Waals surface area (Å²) in [7, 11) is 0. The van der Waals surface area contributed by atoms with Crippen LogP contribution in [0.15, 0.2) is 18.2 Å². The molecule has 0 heterocycles. The Morgan fingerprint density at radius 1 is 1.57 bits per heavy atom.